The Labute approximate surface area is 117 Å². The number of halogens is 3. The molecular weight excluding hydrogens is 289 g/mol. The monoisotopic (exact) mass is 300 g/mol. The molecular formula is C13H11F3N2O3. The maximum absolute atomic E-state index is 12.1. The van der Waals surface area contributed by atoms with Crippen molar-refractivity contribution in [2.24, 2.45) is 0 Å². The number of alkyl halides is 3. The summed E-state index contributed by atoms with van der Waals surface area (Å²) in [6.07, 6.45) is -2.74. The van der Waals surface area contributed by atoms with Gasteiger partial charge in [-0.15, -0.1) is 13.2 Å². The smallest absolute Gasteiger partial charge is 0.476 e. The van der Waals surface area contributed by atoms with Crippen molar-refractivity contribution in [2.75, 3.05) is 0 Å². The van der Waals surface area contributed by atoms with Gasteiger partial charge in [0.1, 0.15) is 5.75 Å². The van der Waals surface area contributed by atoms with Crippen molar-refractivity contribution in [1.29, 1.82) is 0 Å². The van der Waals surface area contributed by atoms with Gasteiger partial charge in [-0.05, 0) is 30.7 Å². The predicted molar refractivity (Wildman–Crippen MR) is 66.6 cm³/mol. The number of carbonyl (C=O) groups is 1. The molecule has 2 aromatic rings. The molecule has 0 saturated carbocycles. The highest BCUT2D eigenvalue weighted by Crippen LogP contribution is 2.24. The fraction of sp³-hybridized carbons (Fsp3) is 0.231. The summed E-state index contributed by atoms with van der Waals surface area (Å²) in [4.78, 5) is 11.0. The summed E-state index contributed by atoms with van der Waals surface area (Å²) in [5.41, 5.74) is 0.901. The van der Waals surface area contributed by atoms with E-state index in [0.29, 0.717) is 17.7 Å². The highest BCUT2D eigenvalue weighted by Gasteiger charge is 2.31. The lowest BCUT2D eigenvalue weighted by molar-refractivity contribution is -0.274. The zero-order valence-electron chi connectivity index (χ0n) is 10.9. The maximum atomic E-state index is 12.1. The molecule has 0 amide bonds. The summed E-state index contributed by atoms with van der Waals surface area (Å²) in [5.74, 6) is -1.50. The van der Waals surface area contributed by atoms with Gasteiger partial charge in [0, 0.05) is 11.8 Å². The molecule has 0 atom stereocenters. The Morgan fingerprint density at radius 1 is 1.33 bits per heavy atom. The molecule has 1 aromatic carbocycles. The van der Waals surface area contributed by atoms with Crippen molar-refractivity contribution in [2.45, 2.75) is 19.7 Å². The van der Waals surface area contributed by atoms with E-state index in [2.05, 4.69) is 9.84 Å². The molecule has 5 nitrogen and oxygen atoms in total. The highest BCUT2D eigenvalue weighted by atomic mass is 19.4. The van der Waals surface area contributed by atoms with E-state index in [4.69, 9.17) is 5.11 Å². The molecule has 0 radical (unpaired) electrons. The van der Waals surface area contributed by atoms with Crippen LogP contribution >= 0.6 is 0 Å². The minimum absolute atomic E-state index is 0.0758. The van der Waals surface area contributed by atoms with Gasteiger partial charge in [-0.2, -0.15) is 5.10 Å². The number of aryl methyl sites for hydroxylation is 1. The van der Waals surface area contributed by atoms with Crippen LogP contribution < -0.4 is 4.74 Å². The molecule has 1 N–H and O–H groups in total. The summed E-state index contributed by atoms with van der Waals surface area (Å²) in [5, 5.41) is 12.9. The van der Waals surface area contributed by atoms with Crippen molar-refractivity contribution in [3.8, 4) is 11.4 Å². The first-order valence-corrected chi connectivity index (χ1v) is 5.98. The van der Waals surface area contributed by atoms with E-state index in [0.717, 1.165) is 12.1 Å². The quantitative estimate of drug-likeness (QED) is 0.942. The number of carboxylic acids is 1. The van der Waals surface area contributed by atoms with Gasteiger partial charge >= 0.3 is 12.3 Å². The summed E-state index contributed by atoms with van der Waals surface area (Å²) in [6.45, 7) is 1.79. The molecule has 112 valence electrons. The van der Waals surface area contributed by atoms with Crippen LogP contribution in [0.4, 0.5) is 13.2 Å². The lowest BCUT2D eigenvalue weighted by Gasteiger charge is -2.09. The summed E-state index contributed by atoms with van der Waals surface area (Å²) >= 11 is 0. The Balaban J connectivity index is 2.29. The predicted octanol–water partition coefficient (Wildman–Crippen LogP) is 3.03. The van der Waals surface area contributed by atoms with Crippen LogP contribution in [0.3, 0.4) is 0 Å². The van der Waals surface area contributed by atoms with E-state index in [1.807, 2.05) is 0 Å². The second-order valence-electron chi connectivity index (χ2n) is 4.15. The average molecular weight is 300 g/mol. The SMILES string of the molecule is CCc1cn(-c2ccc(OC(F)(F)F)cc2)nc1C(=O)O. The van der Waals surface area contributed by atoms with Gasteiger partial charge in [0.25, 0.3) is 0 Å². The molecule has 21 heavy (non-hydrogen) atoms. The third kappa shape index (κ3) is 3.53. The van der Waals surface area contributed by atoms with Crippen LogP contribution in [0.5, 0.6) is 5.75 Å². The van der Waals surface area contributed by atoms with Crippen LogP contribution in [0, 0.1) is 0 Å². The van der Waals surface area contributed by atoms with Crippen molar-refractivity contribution in [1.82, 2.24) is 9.78 Å². The molecule has 8 heteroatoms. The highest BCUT2D eigenvalue weighted by molar-refractivity contribution is 5.87. The number of ether oxygens (including phenoxy) is 1. The van der Waals surface area contributed by atoms with Crippen LogP contribution in [-0.2, 0) is 6.42 Å². The molecule has 0 spiro atoms. The van der Waals surface area contributed by atoms with Crippen LogP contribution in [-0.4, -0.2) is 27.2 Å². The molecule has 0 aliphatic heterocycles. The Bertz CT molecular complexity index is 648. The number of aromatic carboxylic acids is 1. The second kappa shape index (κ2) is 5.47. The summed E-state index contributed by atoms with van der Waals surface area (Å²) in [7, 11) is 0. The van der Waals surface area contributed by atoms with E-state index < -0.39 is 12.3 Å². The lowest BCUT2D eigenvalue weighted by atomic mass is 10.2. The molecule has 2 rings (SSSR count). The van der Waals surface area contributed by atoms with E-state index >= 15 is 0 Å². The van der Waals surface area contributed by atoms with Gasteiger partial charge in [0.15, 0.2) is 5.69 Å². The first kappa shape index (κ1) is 14.9. The fourth-order valence-corrected chi connectivity index (χ4v) is 1.78. The number of nitrogens with zero attached hydrogens (tertiary/aromatic N) is 2. The van der Waals surface area contributed by atoms with Gasteiger partial charge in [-0.25, -0.2) is 9.48 Å². The molecule has 0 aliphatic rings. The Morgan fingerprint density at radius 3 is 2.38 bits per heavy atom. The minimum atomic E-state index is -4.75. The number of hydrogen-bond donors (Lipinski definition) is 1. The molecule has 0 fully saturated rings. The largest absolute Gasteiger partial charge is 0.573 e. The standard InChI is InChI=1S/C13H11F3N2O3/c1-2-8-7-18(17-11(8)12(19)20)9-3-5-10(6-4-9)21-13(14,15)16/h3-7H,2H2,1H3,(H,19,20). The van der Waals surface area contributed by atoms with Crippen molar-refractivity contribution in [3.05, 3.63) is 41.7 Å². The minimum Gasteiger partial charge on any atom is -0.476 e. The zero-order valence-corrected chi connectivity index (χ0v) is 10.9. The van der Waals surface area contributed by atoms with E-state index in [9.17, 15) is 18.0 Å². The molecule has 0 bridgehead atoms. The van der Waals surface area contributed by atoms with Gasteiger partial charge in [0.05, 0.1) is 5.69 Å². The molecule has 1 heterocycles. The molecule has 0 saturated heterocycles. The molecule has 1 aromatic heterocycles. The molecule has 0 aliphatic carbocycles. The van der Waals surface area contributed by atoms with Gasteiger partial charge in [0.2, 0.25) is 0 Å². The van der Waals surface area contributed by atoms with Crippen LogP contribution in [0.1, 0.15) is 23.0 Å². The van der Waals surface area contributed by atoms with E-state index in [1.54, 1.807) is 6.92 Å². The number of carboxylic acid groups (broad SMARTS) is 1. The first-order chi connectivity index (χ1) is 9.80. The van der Waals surface area contributed by atoms with E-state index in [1.165, 1.54) is 23.0 Å². The van der Waals surface area contributed by atoms with Crippen molar-refractivity contribution >= 4 is 5.97 Å². The summed E-state index contributed by atoms with van der Waals surface area (Å²) < 4.78 is 41.2. The third-order valence-electron chi connectivity index (χ3n) is 2.71. The Morgan fingerprint density at radius 2 is 1.95 bits per heavy atom. The third-order valence-corrected chi connectivity index (χ3v) is 2.71. The van der Waals surface area contributed by atoms with Crippen LogP contribution in [0.2, 0.25) is 0 Å². The fourth-order valence-electron chi connectivity index (χ4n) is 1.78. The Kier molecular flexibility index (Phi) is 3.88. The number of benzene rings is 1. The van der Waals surface area contributed by atoms with E-state index in [-0.39, 0.29) is 11.4 Å². The lowest BCUT2D eigenvalue weighted by Crippen LogP contribution is -2.17. The van der Waals surface area contributed by atoms with Crippen LogP contribution in [0.25, 0.3) is 5.69 Å². The molecule has 0 unspecified atom stereocenters. The van der Waals surface area contributed by atoms with Crippen molar-refractivity contribution < 1.29 is 27.8 Å². The normalized spacial score (nSPS) is 11.4. The van der Waals surface area contributed by atoms with Crippen LogP contribution in [0.15, 0.2) is 30.5 Å². The maximum Gasteiger partial charge on any atom is 0.573 e. The average Bonchev–Trinajstić information content (AvgIpc) is 2.82. The topological polar surface area (TPSA) is 64.4 Å². The van der Waals surface area contributed by atoms with Crippen molar-refractivity contribution in [3.63, 3.8) is 0 Å². The Hall–Kier alpha value is -2.51. The second-order valence-corrected chi connectivity index (χ2v) is 4.15. The number of aromatic nitrogens is 2. The number of rotatable bonds is 4. The zero-order chi connectivity index (χ0) is 15.6. The van der Waals surface area contributed by atoms with Gasteiger partial charge < -0.3 is 9.84 Å². The number of hydrogen-bond acceptors (Lipinski definition) is 3. The summed E-state index contributed by atoms with van der Waals surface area (Å²) in [6, 6.07) is 4.99. The first-order valence-electron chi connectivity index (χ1n) is 5.98. The van der Waals surface area contributed by atoms with Gasteiger partial charge in [-0.1, -0.05) is 6.92 Å². The van der Waals surface area contributed by atoms with Gasteiger partial charge in [-0.3, -0.25) is 0 Å².